The van der Waals surface area contributed by atoms with Gasteiger partial charge in [-0.25, -0.2) is 4.98 Å². The number of rotatable bonds is 4. The van der Waals surface area contributed by atoms with Crippen LogP contribution in [-0.4, -0.2) is 15.9 Å². The molecule has 0 atom stereocenters. The fraction of sp³-hybridized carbons (Fsp3) is 0.105. The molecular weight excluding hydrogens is 395 g/mol. The Morgan fingerprint density at radius 3 is 2.29 bits per heavy atom. The Hall–Kier alpha value is -3.13. The average Bonchev–Trinajstić information content (AvgIpc) is 2.64. The van der Waals surface area contributed by atoms with E-state index in [4.69, 9.17) is 11.6 Å². The molecule has 0 unspecified atom stereocenters. The van der Waals surface area contributed by atoms with E-state index in [0.29, 0.717) is 16.4 Å². The number of nitrogens with zero attached hydrogens (tertiary/aromatic N) is 1. The molecule has 0 aliphatic heterocycles. The summed E-state index contributed by atoms with van der Waals surface area (Å²) in [5.74, 6) is -0.222. The van der Waals surface area contributed by atoms with Crippen LogP contribution in [-0.2, 0) is 17.4 Å². The van der Waals surface area contributed by atoms with Gasteiger partial charge in [-0.05, 0) is 48.5 Å². The molecule has 0 aliphatic carbocycles. The van der Waals surface area contributed by atoms with Gasteiger partial charge in [-0.3, -0.25) is 9.59 Å². The van der Waals surface area contributed by atoms with Crippen molar-refractivity contribution in [1.29, 1.82) is 0 Å². The number of hydrogen-bond donors (Lipinski definition) is 2. The molecule has 28 heavy (non-hydrogen) atoms. The van der Waals surface area contributed by atoms with Gasteiger partial charge in [0.2, 0.25) is 5.91 Å². The van der Waals surface area contributed by atoms with Crippen molar-refractivity contribution >= 4 is 23.2 Å². The Bertz CT molecular complexity index is 1050. The van der Waals surface area contributed by atoms with Crippen LogP contribution in [0, 0.1) is 0 Å². The van der Waals surface area contributed by atoms with Gasteiger partial charge >= 0.3 is 6.18 Å². The molecule has 0 spiro atoms. The number of aromatic amines is 1. The zero-order valence-corrected chi connectivity index (χ0v) is 14.9. The van der Waals surface area contributed by atoms with Crippen LogP contribution in [0.4, 0.5) is 18.9 Å². The summed E-state index contributed by atoms with van der Waals surface area (Å²) in [6, 6.07) is 10.7. The van der Waals surface area contributed by atoms with E-state index in [9.17, 15) is 22.8 Å². The number of carbonyl (C=O) groups excluding carboxylic acids is 1. The summed E-state index contributed by atoms with van der Waals surface area (Å²) in [6.45, 7) is 0. The van der Waals surface area contributed by atoms with Crippen molar-refractivity contribution in [2.24, 2.45) is 0 Å². The topological polar surface area (TPSA) is 74.8 Å². The molecule has 1 heterocycles. The molecule has 0 aliphatic rings. The van der Waals surface area contributed by atoms with Crippen LogP contribution in [0.15, 0.2) is 59.5 Å². The zero-order valence-electron chi connectivity index (χ0n) is 14.2. The van der Waals surface area contributed by atoms with Gasteiger partial charge in [0, 0.05) is 28.0 Å². The standard InChI is InChI=1S/C19H13ClF3N3O2/c20-14-5-1-11(2-6-14)17-24-10-12(18(28)26-17)9-16(27)25-15-7-3-13(4-8-15)19(21,22)23/h1-8,10H,9H2,(H,25,27)(H,24,26,28). The molecule has 144 valence electrons. The third-order valence-corrected chi connectivity index (χ3v) is 4.09. The molecule has 0 saturated heterocycles. The van der Waals surface area contributed by atoms with Crippen LogP contribution >= 0.6 is 11.6 Å². The highest BCUT2D eigenvalue weighted by Gasteiger charge is 2.30. The summed E-state index contributed by atoms with van der Waals surface area (Å²) in [4.78, 5) is 31.0. The van der Waals surface area contributed by atoms with Crippen LogP contribution in [0.25, 0.3) is 11.4 Å². The average molecular weight is 408 g/mol. The normalized spacial score (nSPS) is 11.3. The van der Waals surface area contributed by atoms with Gasteiger partial charge < -0.3 is 10.3 Å². The lowest BCUT2D eigenvalue weighted by atomic mass is 10.1. The minimum atomic E-state index is -4.45. The molecular formula is C19H13ClF3N3O2. The Labute approximate surface area is 162 Å². The molecule has 0 fully saturated rings. The first kappa shape index (κ1) is 19.6. The van der Waals surface area contributed by atoms with Gasteiger partial charge in [-0.2, -0.15) is 13.2 Å². The second-order valence-corrected chi connectivity index (χ2v) is 6.33. The van der Waals surface area contributed by atoms with Gasteiger partial charge in [0.25, 0.3) is 5.56 Å². The fourth-order valence-electron chi connectivity index (χ4n) is 2.42. The molecule has 9 heteroatoms. The van der Waals surface area contributed by atoms with E-state index in [-0.39, 0.29) is 17.7 Å². The van der Waals surface area contributed by atoms with Crippen molar-refractivity contribution in [1.82, 2.24) is 9.97 Å². The van der Waals surface area contributed by atoms with Crippen molar-refractivity contribution in [3.63, 3.8) is 0 Å². The second kappa shape index (κ2) is 7.85. The van der Waals surface area contributed by atoms with E-state index >= 15 is 0 Å². The van der Waals surface area contributed by atoms with Crippen molar-refractivity contribution in [2.45, 2.75) is 12.6 Å². The van der Waals surface area contributed by atoms with E-state index in [0.717, 1.165) is 24.3 Å². The summed E-state index contributed by atoms with van der Waals surface area (Å²) in [6.07, 6.45) is -3.44. The van der Waals surface area contributed by atoms with E-state index in [1.165, 1.54) is 6.20 Å². The number of halogens is 4. The molecule has 3 rings (SSSR count). The zero-order chi connectivity index (χ0) is 20.3. The van der Waals surface area contributed by atoms with Crippen LogP contribution in [0.2, 0.25) is 5.02 Å². The second-order valence-electron chi connectivity index (χ2n) is 5.89. The number of carbonyl (C=O) groups is 1. The quantitative estimate of drug-likeness (QED) is 0.677. The van der Waals surface area contributed by atoms with Gasteiger partial charge in [0.05, 0.1) is 12.0 Å². The predicted octanol–water partition coefficient (Wildman–Crippen LogP) is 4.29. The number of H-pyrrole nitrogens is 1. The highest BCUT2D eigenvalue weighted by molar-refractivity contribution is 6.30. The minimum Gasteiger partial charge on any atom is -0.326 e. The maximum Gasteiger partial charge on any atom is 0.416 e. The Kier molecular flexibility index (Phi) is 5.51. The number of alkyl halides is 3. The van der Waals surface area contributed by atoms with E-state index in [2.05, 4.69) is 15.3 Å². The smallest absolute Gasteiger partial charge is 0.326 e. The van der Waals surface area contributed by atoms with Crippen LogP contribution in [0.1, 0.15) is 11.1 Å². The maximum absolute atomic E-state index is 12.5. The van der Waals surface area contributed by atoms with Crippen molar-refractivity contribution in [3.8, 4) is 11.4 Å². The molecule has 1 aromatic heterocycles. The molecule has 0 bridgehead atoms. The van der Waals surface area contributed by atoms with Crippen LogP contribution in [0.5, 0.6) is 0 Å². The van der Waals surface area contributed by atoms with Crippen molar-refractivity contribution < 1.29 is 18.0 Å². The van der Waals surface area contributed by atoms with E-state index in [1.807, 2.05) is 0 Å². The fourth-order valence-corrected chi connectivity index (χ4v) is 2.55. The number of benzene rings is 2. The maximum atomic E-state index is 12.5. The Balaban J connectivity index is 1.69. The first-order valence-corrected chi connectivity index (χ1v) is 8.41. The summed E-state index contributed by atoms with van der Waals surface area (Å²) in [5.41, 5.74) is -0.323. The number of nitrogens with one attached hydrogen (secondary N) is 2. The third kappa shape index (κ3) is 4.77. The Morgan fingerprint density at radius 1 is 1.07 bits per heavy atom. The number of amides is 1. The summed E-state index contributed by atoms with van der Waals surface area (Å²) < 4.78 is 37.6. The Morgan fingerprint density at radius 2 is 1.71 bits per heavy atom. The van der Waals surface area contributed by atoms with Crippen LogP contribution in [0.3, 0.4) is 0 Å². The van der Waals surface area contributed by atoms with Gasteiger partial charge in [0.1, 0.15) is 5.82 Å². The van der Waals surface area contributed by atoms with Crippen molar-refractivity contribution in [3.05, 3.63) is 81.2 Å². The van der Waals surface area contributed by atoms with E-state index < -0.39 is 23.2 Å². The number of hydrogen-bond acceptors (Lipinski definition) is 3. The number of aromatic nitrogens is 2. The molecule has 2 aromatic carbocycles. The molecule has 5 nitrogen and oxygen atoms in total. The molecule has 0 radical (unpaired) electrons. The SMILES string of the molecule is O=C(Cc1cnc(-c2ccc(Cl)cc2)[nH]c1=O)Nc1ccc(C(F)(F)F)cc1. The first-order chi connectivity index (χ1) is 13.2. The minimum absolute atomic E-state index is 0.127. The highest BCUT2D eigenvalue weighted by Crippen LogP contribution is 2.29. The lowest BCUT2D eigenvalue weighted by Crippen LogP contribution is -2.22. The van der Waals surface area contributed by atoms with Crippen molar-refractivity contribution in [2.75, 3.05) is 5.32 Å². The summed E-state index contributed by atoms with van der Waals surface area (Å²) in [5, 5.41) is 2.99. The lowest BCUT2D eigenvalue weighted by molar-refractivity contribution is -0.137. The summed E-state index contributed by atoms with van der Waals surface area (Å²) >= 11 is 5.82. The molecule has 3 aromatic rings. The first-order valence-electron chi connectivity index (χ1n) is 8.03. The lowest BCUT2D eigenvalue weighted by Gasteiger charge is -2.09. The highest BCUT2D eigenvalue weighted by atomic mass is 35.5. The number of anilines is 1. The van der Waals surface area contributed by atoms with Crippen LogP contribution < -0.4 is 10.9 Å². The predicted molar refractivity (Wildman–Crippen MR) is 99.1 cm³/mol. The summed E-state index contributed by atoms with van der Waals surface area (Å²) in [7, 11) is 0. The van der Waals surface area contributed by atoms with Gasteiger partial charge in [-0.15, -0.1) is 0 Å². The largest absolute Gasteiger partial charge is 0.416 e. The molecule has 0 saturated carbocycles. The van der Waals surface area contributed by atoms with E-state index in [1.54, 1.807) is 24.3 Å². The molecule has 1 amide bonds. The monoisotopic (exact) mass is 407 g/mol. The van der Waals surface area contributed by atoms with Gasteiger partial charge in [-0.1, -0.05) is 11.6 Å². The molecule has 2 N–H and O–H groups in total. The third-order valence-electron chi connectivity index (χ3n) is 3.84. The van der Waals surface area contributed by atoms with Gasteiger partial charge in [0.15, 0.2) is 0 Å².